The fourth-order valence-corrected chi connectivity index (χ4v) is 0.318. The van der Waals surface area contributed by atoms with Gasteiger partial charge in [0.1, 0.15) is 0 Å². The molecule has 0 unspecified atom stereocenters. The summed E-state index contributed by atoms with van der Waals surface area (Å²) in [4.78, 5) is 0. The molecule has 0 radical (unpaired) electrons. The number of hydroxylamine groups is 1. The maximum absolute atomic E-state index is 9.49. The first kappa shape index (κ1) is 7.02. The van der Waals surface area contributed by atoms with Crippen molar-refractivity contribution in [2.75, 3.05) is 6.54 Å². The minimum absolute atomic E-state index is 0.307. The zero-order valence-electron chi connectivity index (χ0n) is 4.18. The van der Waals surface area contributed by atoms with Gasteiger partial charge in [0.2, 0.25) is 0 Å². The molecule has 0 aromatic carbocycles. The Morgan fingerprint density at radius 1 is 1.86 bits per heavy atom. The summed E-state index contributed by atoms with van der Waals surface area (Å²) in [5, 5.41) is 0. The highest BCUT2D eigenvalue weighted by molar-refractivity contribution is 7.17. The van der Waals surface area contributed by atoms with E-state index in [1.807, 2.05) is 6.92 Å². The van der Waals surface area contributed by atoms with Crippen LogP contribution in [0.5, 0.6) is 0 Å². The van der Waals surface area contributed by atoms with Crippen molar-refractivity contribution in [3.8, 4) is 0 Å². The molecule has 7 heavy (non-hydrogen) atoms. The molecule has 0 amide bonds. The first-order valence-electron chi connectivity index (χ1n) is 2.13. The molecular formula is C3H8NO2P. The summed E-state index contributed by atoms with van der Waals surface area (Å²) >= 11 is 0. The Labute approximate surface area is 44.3 Å². The van der Waals surface area contributed by atoms with Crippen molar-refractivity contribution in [1.29, 1.82) is 0 Å². The fourth-order valence-electron chi connectivity index (χ4n) is 0.174. The zero-order valence-corrected chi connectivity index (χ0v) is 5.07. The standard InChI is InChI=1S/C3H8NO2P/c1-2-3-4-6-7-5/h4H,2-3H2,1H3. The van der Waals surface area contributed by atoms with Crippen molar-refractivity contribution >= 4 is 8.69 Å². The molecule has 0 aliphatic heterocycles. The first-order valence-corrected chi connectivity index (χ1v) is 2.86. The largest absolute Gasteiger partial charge is 0.346 e. The molecule has 0 spiro atoms. The lowest BCUT2D eigenvalue weighted by molar-refractivity contribution is 0.220. The van der Waals surface area contributed by atoms with Crippen molar-refractivity contribution in [2.45, 2.75) is 13.3 Å². The summed E-state index contributed by atoms with van der Waals surface area (Å²) in [6, 6.07) is 0. The van der Waals surface area contributed by atoms with Crippen LogP contribution < -0.4 is 5.48 Å². The molecule has 0 aliphatic carbocycles. The molecule has 4 heteroatoms. The van der Waals surface area contributed by atoms with Gasteiger partial charge in [-0.15, -0.1) is 0 Å². The summed E-state index contributed by atoms with van der Waals surface area (Å²) in [5.41, 5.74) is 2.46. The number of nitrogens with one attached hydrogen (secondary N) is 1. The fraction of sp³-hybridized carbons (Fsp3) is 1.00. The van der Waals surface area contributed by atoms with Crippen LogP contribution in [0.1, 0.15) is 13.3 Å². The molecule has 0 fully saturated rings. The lowest BCUT2D eigenvalue weighted by Gasteiger charge is -1.90. The Bertz CT molecular complexity index is 50.2. The molecule has 0 atom stereocenters. The minimum Gasteiger partial charge on any atom is -0.239 e. The van der Waals surface area contributed by atoms with Crippen molar-refractivity contribution in [3.63, 3.8) is 0 Å². The van der Waals surface area contributed by atoms with Crippen LogP contribution in [0.25, 0.3) is 0 Å². The average Bonchev–Trinajstić information content (AvgIpc) is 1.69. The van der Waals surface area contributed by atoms with Crippen LogP contribution in [0, 0.1) is 0 Å². The van der Waals surface area contributed by atoms with Gasteiger partial charge in [0, 0.05) is 6.54 Å². The molecule has 0 aromatic heterocycles. The second-order valence-electron chi connectivity index (χ2n) is 1.06. The van der Waals surface area contributed by atoms with E-state index in [2.05, 4.69) is 10.1 Å². The van der Waals surface area contributed by atoms with Crippen molar-refractivity contribution < 1.29 is 9.19 Å². The van der Waals surface area contributed by atoms with Crippen LogP contribution in [-0.2, 0) is 9.19 Å². The molecule has 1 N–H and O–H groups in total. The second-order valence-corrected chi connectivity index (χ2v) is 1.39. The molecule has 0 saturated carbocycles. The molecule has 0 heterocycles. The third-order valence-corrected chi connectivity index (χ3v) is 0.658. The molecule has 42 valence electrons. The quantitative estimate of drug-likeness (QED) is 0.344. The average molecular weight is 121 g/mol. The first-order chi connectivity index (χ1) is 3.41. The number of hydrogen-bond acceptors (Lipinski definition) is 3. The monoisotopic (exact) mass is 121 g/mol. The van der Waals surface area contributed by atoms with Gasteiger partial charge < -0.3 is 0 Å². The highest BCUT2D eigenvalue weighted by Crippen LogP contribution is 1.86. The Morgan fingerprint density at radius 3 is 3.00 bits per heavy atom. The van der Waals surface area contributed by atoms with E-state index >= 15 is 0 Å². The molecule has 3 nitrogen and oxygen atoms in total. The van der Waals surface area contributed by atoms with Crippen molar-refractivity contribution in [3.05, 3.63) is 0 Å². The Balaban J connectivity index is 2.56. The van der Waals surface area contributed by atoms with Gasteiger partial charge in [-0.25, -0.2) is 9.19 Å². The Hall–Kier alpha value is 0.0200. The van der Waals surface area contributed by atoms with E-state index in [9.17, 15) is 4.57 Å². The van der Waals surface area contributed by atoms with Gasteiger partial charge in [-0.3, -0.25) is 0 Å². The van der Waals surface area contributed by atoms with Gasteiger partial charge in [-0.2, -0.15) is 5.48 Å². The maximum atomic E-state index is 9.49. The van der Waals surface area contributed by atoms with Crippen LogP contribution in [0.3, 0.4) is 0 Å². The molecule has 0 rings (SSSR count). The predicted molar refractivity (Wildman–Crippen MR) is 27.0 cm³/mol. The van der Waals surface area contributed by atoms with Crippen LogP contribution in [0.4, 0.5) is 0 Å². The lowest BCUT2D eigenvalue weighted by Crippen LogP contribution is -2.08. The molecule has 0 aliphatic rings. The van der Waals surface area contributed by atoms with Gasteiger partial charge >= 0.3 is 8.69 Å². The minimum atomic E-state index is -0.307. The van der Waals surface area contributed by atoms with Crippen molar-refractivity contribution in [1.82, 2.24) is 5.48 Å². The Kier molecular flexibility index (Phi) is 6.04. The van der Waals surface area contributed by atoms with E-state index < -0.39 is 0 Å². The zero-order chi connectivity index (χ0) is 5.54. The maximum Gasteiger partial charge on any atom is 0.346 e. The SMILES string of the molecule is CCCNOP=O. The normalized spacial score (nSPS) is 9.86. The van der Waals surface area contributed by atoms with Gasteiger partial charge in [0.15, 0.2) is 0 Å². The van der Waals surface area contributed by atoms with E-state index in [4.69, 9.17) is 0 Å². The number of rotatable bonds is 4. The van der Waals surface area contributed by atoms with Gasteiger partial charge in [-0.05, 0) is 6.42 Å². The van der Waals surface area contributed by atoms with Crippen LogP contribution in [-0.4, -0.2) is 6.54 Å². The highest BCUT2D eigenvalue weighted by Gasteiger charge is 1.77. The van der Waals surface area contributed by atoms with Gasteiger partial charge in [-0.1, -0.05) is 6.92 Å². The molecule has 0 saturated heterocycles. The topological polar surface area (TPSA) is 38.3 Å². The van der Waals surface area contributed by atoms with Gasteiger partial charge in [0.05, 0.1) is 0 Å². The highest BCUT2D eigenvalue weighted by atomic mass is 31.1. The summed E-state index contributed by atoms with van der Waals surface area (Å²) < 4.78 is 13.7. The molecule has 0 bridgehead atoms. The summed E-state index contributed by atoms with van der Waals surface area (Å²) in [6.07, 6.45) is 0.982. The second kappa shape index (κ2) is 6.02. The number of hydrogen-bond donors (Lipinski definition) is 1. The molecular weight excluding hydrogens is 113 g/mol. The van der Waals surface area contributed by atoms with E-state index in [-0.39, 0.29) is 8.69 Å². The lowest BCUT2D eigenvalue weighted by atomic mass is 10.5. The third kappa shape index (κ3) is 6.02. The van der Waals surface area contributed by atoms with Crippen LogP contribution in [0.2, 0.25) is 0 Å². The third-order valence-electron chi connectivity index (χ3n) is 0.454. The van der Waals surface area contributed by atoms with E-state index in [1.54, 1.807) is 0 Å². The van der Waals surface area contributed by atoms with Crippen molar-refractivity contribution in [2.24, 2.45) is 0 Å². The van der Waals surface area contributed by atoms with E-state index in [1.165, 1.54) is 0 Å². The summed E-state index contributed by atoms with van der Waals surface area (Å²) in [5.74, 6) is 0. The molecule has 0 aromatic rings. The van der Waals surface area contributed by atoms with Gasteiger partial charge in [0.25, 0.3) is 0 Å². The Morgan fingerprint density at radius 2 is 2.57 bits per heavy atom. The predicted octanol–water partition coefficient (Wildman–Crippen LogP) is 1.12. The summed E-state index contributed by atoms with van der Waals surface area (Å²) in [6.45, 7) is 2.74. The van der Waals surface area contributed by atoms with E-state index in [0.717, 1.165) is 13.0 Å². The van der Waals surface area contributed by atoms with E-state index in [0.29, 0.717) is 0 Å². The smallest absolute Gasteiger partial charge is 0.239 e. The summed E-state index contributed by atoms with van der Waals surface area (Å²) in [7, 11) is -0.307. The van der Waals surface area contributed by atoms with Crippen LogP contribution in [0.15, 0.2) is 0 Å². The van der Waals surface area contributed by atoms with Crippen LogP contribution >= 0.6 is 8.69 Å².